The lowest BCUT2D eigenvalue weighted by Crippen LogP contribution is -2.27. The van der Waals surface area contributed by atoms with Gasteiger partial charge in [0.25, 0.3) is 0 Å². The van der Waals surface area contributed by atoms with Crippen LogP contribution in [0.5, 0.6) is 0 Å². The first-order valence-electron chi connectivity index (χ1n) is 3.15. The molecule has 2 nitrogen and oxygen atoms in total. The normalized spacial score (nSPS) is 13.7. The van der Waals surface area contributed by atoms with E-state index in [0.717, 1.165) is 4.48 Å². The van der Waals surface area contributed by atoms with Crippen molar-refractivity contribution in [1.82, 2.24) is 0 Å². The minimum Gasteiger partial charge on any atom is -0.354 e. The molecule has 0 saturated heterocycles. The summed E-state index contributed by atoms with van der Waals surface area (Å²) < 4.78 is 11.4. The maximum atomic E-state index is 5.36. The molecule has 0 aromatic heterocycles. The number of hydrogen-bond donors (Lipinski definition) is 0. The second-order valence-corrected chi connectivity index (χ2v) is 3.93. The largest absolute Gasteiger partial charge is 0.354 e. The third kappa shape index (κ3) is 5.84. The second kappa shape index (κ2) is 5.30. The molecule has 0 fully saturated rings. The molecule has 0 radical (unpaired) electrons. The summed E-state index contributed by atoms with van der Waals surface area (Å²) in [7, 11) is 1.62. The smallest absolute Gasteiger partial charge is 0.162 e. The van der Waals surface area contributed by atoms with Crippen LogP contribution in [0.25, 0.3) is 0 Å². The van der Waals surface area contributed by atoms with Crippen LogP contribution in [0.3, 0.4) is 0 Å². The highest BCUT2D eigenvalue weighted by atomic mass is 79.9. The molecule has 0 atom stereocenters. The summed E-state index contributed by atoms with van der Waals surface area (Å²) in [4.78, 5) is 1.76. The molecular formula is C7H12Br2O2. The summed E-state index contributed by atoms with van der Waals surface area (Å²) in [6.45, 7) is 4.23. The predicted octanol–water partition coefficient (Wildman–Crippen LogP) is 3.02. The molecule has 0 aliphatic carbocycles. The fourth-order valence-corrected chi connectivity index (χ4v) is 0.580. The van der Waals surface area contributed by atoms with E-state index < -0.39 is 5.79 Å². The minimum atomic E-state index is -0.519. The highest BCUT2D eigenvalue weighted by Crippen LogP contribution is 2.14. The molecule has 0 spiro atoms. The Bertz CT molecular complexity index is 143. The van der Waals surface area contributed by atoms with Gasteiger partial charge in [0.15, 0.2) is 5.79 Å². The zero-order valence-corrected chi connectivity index (χ0v) is 10.0. The van der Waals surface area contributed by atoms with Crippen molar-refractivity contribution >= 4 is 31.9 Å². The lowest BCUT2D eigenvalue weighted by atomic mass is 10.4. The Kier molecular flexibility index (Phi) is 5.60. The summed E-state index contributed by atoms with van der Waals surface area (Å²) in [5, 5.41) is 0. The monoisotopic (exact) mass is 286 g/mol. The van der Waals surface area contributed by atoms with Gasteiger partial charge in [-0.3, -0.25) is 0 Å². The van der Waals surface area contributed by atoms with Gasteiger partial charge in [-0.1, -0.05) is 31.9 Å². The van der Waals surface area contributed by atoms with Gasteiger partial charge in [0.1, 0.15) is 0 Å². The van der Waals surface area contributed by atoms with E-state index in [0.29, 0.717) is 6.61 Å². The van der Waals surface area contributed by atoms with Crippen LogP contribution in [-0.4, -0.2) is 19.5 Å². The van der Waals surface area contributed by atoms with Crippen LogP contribution in [0.2, 0.25) is 0 Å². The van der Waals surface area contributed by atoms with E-state index in [2.05, 4.69) is 31.9 Å². The van der Waals surface area contributed by atoms with Crippen molar-refractivity contribution < 1.29 is 9.47 Å². The highest BCUT2D eigenvalue weighted by molar-refractivity contribution is 9.14. The van der Waals surface area contributed by atoms with Gasteiger partial charge >= 0.3 is 0 Å². The Balaban J connectivity index is 3.70. The summed E-state index contributed by atoms with van der Waals surface area (Å²) in [5.74, 6) is -0.519. The summed E-state index contributed by atoms with van der Waals surface area (Å²) in [6.07, 6.45) is 0. The standard InChI is InChI=1S/C7H12Br2O2/c1-7(2,10-3)11-5-6(9)4-8/h4H,5H2,1-3H3. The molecule has 66 valence electrons. The quantitative estimate of drug-likeness (QED) is 0.740. The maximum Gasteiger partial charge on any atom is 0.162 e. The molecule has 0 aliphatic rings. The van der Waals surface area contributed by atoms with Gasteiger partial charge in [-0.25, -0.2) is 0 Å². The average Bonchev–Trinajstić information content (AvgIpc) is 2.00. The van der Waals surface area contributed by atoms with Gasteiger partial charge in [0, 0.05) is 11.6 Å². The van der Waals surface area contributed by atoms with Crippen molar-refractivity contribution in [2.75, 3.05) is 13.7 Å². The van der Waals surface area contributed by atoms with Crippen molar-refractivity contribution in [2.24, 2.45) is 0 Å². The van der Waals surface area contributed by atoms with Crippen LogP contribution >= 0.6 is 31.9 Å². The number of halogens is 2. The lowest BCUT2D eigenvalue weighted by Gasteiger charge is -2.22. The van der Waals surface area contributed by atoms with Crippen LogP contribution in [0.1, 0.15) is 13.8 Å². The Labute approximate surface area is 84.2 Å². The first-order valence-corrected chi connectivity index (χ1v) is 4.86. The molecule has 0 saturated carbocycles. The van der Waals surface area contributed by atoms with E-state index in [-0.39, 0.29) is 0 Å². The molecule has 0 amide bonds. The van der Waals surface area contributed by atoms with Gasteiger partial charge in [-0.2, -0.15) is 0 Å². The van der Waals surface area contributed by atoms with E-state index in [1.54, 1.807) is 12.1 Å². The van der Waals surface area contributed by atoms with Crippen LogP contribution in [0, 0.1) is 0 Å². The Hall–Kier alpha value is 0.620. The first kappa shape index (κ1) is 11.6. The third-order valence-electron chi connectivity index (χ3n) is 1.17. The molecule has 0 unspecified atom stereocenters. The summed E-state index contributed by atoms with van der Waals surface area (Å²) in [5.41, 5.74) is 0. The zero-order valence-electron chi connectivity index (χ0n) is 6.86. The van der Waals surface area contributed by atoms with E-state index in [9.17, 15) is 0 Å². The van der Waals surface area contributed by atoms with Crippen LogP contribution in [0.15, 0.2) is 9.47 Å². The van der Waals surface area contributed by atoms with Gasteiger partial charge in [0.2, 0.25) is 0 Å². The fourth-order valence-electron chi connectivity index (χ4n) is 0.333. The molecule has 4 heteroatoms. The molecule has 0 aromatic carbocycles. The Morgan fingerprint density at radius 2 is 2.09 bits per heavy atom. The van der Waals surface area contributed by atoms with Crippen molar-refractivity contribution in [3.8, 4) is 0 Å². The molecule has 0 aromatic rings. The topological polar surface area (TPSA) is 18.5 Å². The van der Waals surface area contributed by atoms with Crippen LogP contribution in [-0.2, 0) is 9.47 Å². The molecule has 0 bridgehead atoms. The summed E-state index contributed by atoms with van der Waals surface area (Å²) >= 11 is 6.47. The third-order valence-corrected chi connectivity index (χ3v) is 2.79. The number of rotatable bonds is 4. The highest BCUT2D eigenvalue weighted by Gasteiger charge is 2.16. The molecular weight excluding hydrogens is 276 g/mol. The fraction of sp³-hybridized carbons (Fsp3) is 0.714. The SMILES string of the molecule is COC(C)(C)OCC(Br)=CBr. The Morgan fingerprint density at radius 1 is 1.55 bits per heavy atom. The predicted molar refractivity (Wildman–Crippen MR) is 53.0 cm³/mol. The Morgan fingerprint density at radius 3 is 2.45 bits per heavy atom. The lowest BCUT2D eigenvalue weighted by molar-refractivity contribution is -0.190. The van der Waals surface area contributed by atoms with Gasteiger partial charge in [0.05, 0.1) is 6.61 Å². The van der Waals surface area contributed by atoms with Crippen molar-refractivity contribution in [3.05, 3.63) is 9.47 Å². The average molecular weight is 288 g/mol. The van der Waals surface area contributed by atoms with Crippen LogP contribution < -0.4 is 0 Å². The van der Waals surface area contributed by atoms with Gasteiger partial charge < -0.3 is 9.47 Å². The van der Waals surface area contributed by atoms with Gasteiger partial charge in [-0.05, 0) is 18.8 Å². The van der Waals surface area contributed by atoms with E-state index >= 15 is 0 Å². The van der Waals surface area contributed by atoms with Crippen molar-refractivity contribution in [1.29, 1.82) is 0 Å². The molecule has 0 aliphatic heterocycles. The van der Waals surface area contributed by atoms with Crippen molar-refractivity contribution in [3.63, 3.8) is 0 Å². The van der Waals surface area contributed by atoms with E-state index in [4.69, 9.17) is 9.47 Å². The minimum absolute atomic E-state index is 0.506. The number of ether oxygens (including phenoxy) is 2. The zero-order chi connectivity index (χ0) is 8.91. The van der Waals surface area contributed by atoms with Crippen LogP contribution in [0.4, 0.5) is 0 Å². The molecule has 11 heavy (non-hydrogen) atoms. The van der Waals surface area contributed by atoms with Gasteiger partial charge in [-0.15, -0.1) is 0 Å². The molecule has 0 N–H and O–H groups in total. The summed E-state index contributed by atoms with van der Waals surface area (Å²) in [6, 6.07) is 0. The molecule has 0 rings (SSSR count). The number of methoxy groups -OCH3 is 1. The second-order valence-electron chi connectivity index (χ2n) is 2.45. The molecule has 0 heterocycles. The van der Waals surface area contributed by atoms with Crippen molar-refractivity contribution in [2.45, 2.75) is 19.6 Å². The first-order chi connectivity index (χ1) is 5.02. The van der Waals surface area contributed by atoms with E-state index in [1.807, 2.05) is 13.8 Å². The number of hydrogen-bond acceptors (Lipinski definition) is 2. The van der Waals surface area contributed by atoms with E-state index in [1.165, 1.54) is 0 Å². The maximum absolute atomic E-state index is 5.36.